The summed E-state index contributed by atoms with van der Waals surface area (Å²) in [5.41, 5.74) is 1.33. The third-order valence-electron chi connectivity index (χ3n) is 2.72. The van der Waals surface area contributed by atoms with Crippen LogP contribution in [0.5, 0.6) is 0 Å². The van der Waals surface area contributed by atoms with Gasteiger partial charge in [0.15, 0.2) is 0 Å². The lowest BCUT2D eigenvalue weighted by Gasteiger charge is -2.04. The summed E-state index contributed by atoms with van der Waals surface area (Å²) in [4.78, 5) is 15.8. The number of carbonyl (C=O) groups excluding carboxylic acids is 1. The molecule has 1 aromatic carbocycles. The minimum absolute atomic E-state index is 0.324. The minimum atomic E-state index is -0.470. The second kappa shape index (κ2) is 5.48. The maximum atomic E-state index is 13.2. The van der Waals surface area contributed by atoms with Crippen LogP contribution in [-0.4, -0.2) is 24.3 Å². The lowest BCUT2D eigenvalue weighted by Crippen LogP contribution is -2.18. The van der Waals surface area contributed by atoms with Crippen LogP contribution in [0.2, 0.25) is 5.02 Å². The van der Waals surface area contributed by atoms with Crippen LogP contribution in [0.4, 0.5) is 4.39 Å². The zero-order valence-electron chi connectivity index (χ0n) is 9.95. The largest absolute Gasteiger partial charge is 0.464 e. The van der Waals surface area contributed by atoms with E-state index in [0.29, 0.717) is 35.7 Å². The van der Waals surface area contributed by atoms with E-state index in [1.807, 2.05) is 0 Å². The van der Waals surface area contributed by atoms with Gasteiger partial charge in [0.05, 0.1) is 6.61 Å². The highest BCUT2D eigenvalue weighted by molar-refractivity contribution is 6.31. The Balaban J connectivity index is 2.19. The van der Waals surface area contributed by atoms with Crippen molar-refractivity contribution >= 4 is 23.3 Å². The molecule has 0 saturated heterocycles. The Labute approximate surface area is 110 Å². The smallest absolute Gasteiger partial charge is 0.330 e. The molecule has 0 unspecified atom stereocenters. The number of halogens is 2. The third kappa shape index (κ3) is 2.88. The Morgan fingerprint density at radius 1 is 1.56 bits per heavy atom. The molecule has 5 heteroatoms. The van der Waals surface area contributed by atoms with Gasteiger partial charge in [-0.25, -0.2) is 9.18 Å². The Morgan fingerprint density at radius 3 is 3.00 bits per heavy atom. The zero-order chi connectivity index (χ0) is 13.1. The Morgan fingerprint density at radius 2 is 2.33 bits per heavy atom. The monoisotopic (exact) mass is 269 g/mol. The van der Waals surface area contributed by atoms with E-state index in [1.54, 1.807) is 13.0 Å². The number of hydrogen-bond acceptors (Lipinski definition) is 3. The molecule has 3 nitrogen and oxygen atoms in total. The van der Waals surface area contributed by atoms with Gasteiger partial charge in [0.25, 0.3) is 0 Å². The fourth-order valence-electron chi connectivity index (χ4n) is 1.94. The molecule has 2 rings (SSSR count). The lowest BCUT2D eigenvalue weighted by atomic mass is 10.1. The predicted octanol–water partition coefficient (Wildman–Crippen LogP) is 2.99. The van der Waals surface area contributed by atoms with Crippen LogP contribution >= 0.6 is 11.6 Å². The number of esters is 1. The van der Waals surface area contributed by atoms with Gasteiger partial charge >= 0.3 is 5.97 Å². The Hall–Kier alpha value is -1.42. The molecule has 1 aliphatic rings. The van der Waals surface area contributed by atoms with Gasteiger partial charge in [-0.05, 0) is 43.5 Å². The molecule has 0 radical (unpaired) electrons. The first-order valence-corrected chi connectivity index (χ1v) is 6.17. The molecule has 1 heterocycles. The average molecular weight is 270 g/mol. The topological polar surface area (TPSA) is 38.7 Å². The van der Waals surface area contributed by atoms with Crippen LogP contribution in [0.1, 0.15) is 25.3 Å². The average Bonchev–Trinajstić information content (AvgIpc) is 2.77. The molecule has 0 aliphatic carbocycles. The molecule has 18 heavy (non-hydrogen) atoms. The summed E-state index contributed by atoms with van der Waals surface area (Å²) in [5, 5.41) is 0.326. The summed E-state index contributed by atoms with van der Waals surface area (Å²) in [6, 6.07) is 3.79. The van der Waals surface area contributed by atoms with Gasteiger partial charge in [-0.2, -0.15) is 0 Å². The van der Waals surface area contributed by atoms with Crippen LogP contribution < -0.4 is 0 Å². The second-order valence-corrected chi connectivity index (χ2v) is 4.48. The quantitative estimate of drug-likeness (QED) is 0.791. The maximum Gasteiger partial charge on any atom is 0.330 e. The van der Waals surface area contributed by atoms with Gasteiger partial charge in [0.1, 0.15) is 11.9 Å². The minimum Gasteiger partial charge on any atom is -0.464 e. The number of benzene rings is 1. The van der Waals surface area contributed by atoms with Crippen molar-refractivity contribution in [1.29, 1.82) is 0 Å². The van der Waals surface area contributed by atoms with Crippen LogP contribution in [-0.2, 0) is 9.53 Å². The molecular weight excluding hydrogens is 257 g/mol. The van der Waals surface area contributed by atoms with Crippen LogP contribution in [0.15, 0.2) is 23.2 Å². The summed E-state index contributed by atoms with van der Waals surface area (Å²) in [5.74, 6) is -0.727. The van der Waals surface area contributed by atoms with Gasteiger partial charge in [0, 0.05) is 10.7 Å². The summed E-state index contributed by atoms with van der Waals surface area (Å²) >= 11 is 5.79. The first-order chi connectivity index (χ1) is 8.60. The molecule has 0 fully saturated rings. The highest BCUT2D eigenvalue weighted by atomic mass is 35.5. The van der Waals surface area contributed by atoms with E-state index in [9.17, 15) is 9.18 Å². The zero-order valence-corrected chi connectivity index (χ0v) is 10.7. The molecule has 0 saturated carbocycles. The fourth-order valence-corrected chi connectivity index (χ4v) is 2.16. The summed E-state index contributed by atoms with van der Waals surface area (Å²) in [6.45, 7) is 2.09. The number of aliphatic imine (C=N–C) groups is 1. The molecule has 0 amide bonds. The Bertz CT molecular complexity index is 482. The fraction of sp³-hybridized carbons (Fsp3) is 0.385. The van der Waals surface area contributed by atoms with Crippen molar-refractivity contribution in [3.05, 3.63) is 34.6 Å². The lowest BCUT2D eigenvalue weighted by molar-refractivity contribution is -0.144. The number of carbonyl (C=O) groups is 1. The van der Waals surface area contributed by atoms with Crippen LogP contribution in [0.3, 0.4) is 0 Å². The predicted molar refractivity (Wildman–Crippen MR) is 67.6 cm³/mol. The summed E-state index contributed by atoms with van der Waals surface area (Å²) < 4.78 is 18.1. The maximum absolute atomic E-state index is 13.2. The highest BCUT2D eigenvalue weighted by Crippen LogP contribution is 2.22. The standard InChI is InChI=1S/C13H13ClFNO2/c1-2-18-13(17)12-4-3-11(16-12)8-5-9(14)7-10(15)6-8/h5-7,12H,2-4H2,1H3/t12-/m1/s1. The number of hydrogen-bond donors (Lipinski definition) is 0. The normalized spacial score (nSPS) is 18.6. The summed E-state index contributed by atoms with van der Waals surface area (Å²) in [6.07, 6.45) is 1.23. The number of nitrogens with zero attached hydrogens (tertiary/aromatic N) is 1. The first kappa shape index (κ1) is 13.0. The SMILES string of the molecule is CCOC(=O)[C@H]1CCC(c2cc(F)cc(Cl)c2)=N1. The van der Waals surface area contributed by atoms with E-state index in [0.717, 1.165) is 0 Å². The molecule has 0 spiro atoms. The van der Waals surface area contributed by atoms with Crippen molar-refractivity contribution in [2.75, 3.05) is 6.61 Å². The summed E-state index contributed by atoms with van der Waals surface area (Å²) in [7, 11) is 0. The second-order valence-electron chi connectivity index (χ2n) is 4.04. The molecule has 1 atom stereocenters. The molecule has 0 aromatic heterocycles. The van der Waals surface area contributed by atoms with Gasteiger partial charge in [-0.15, -0.1) is 0 Å². The molecule has 0 N–H and O–H groups in total. The third-order valence-corrected chi connectivity index (χ3v) is 2.94. The molecule has 96 valence electrons. The van der Waals surface area contributed by atoms with E-state index in [1.165, 1.54) is 12.1 Å². The first-order valence-electron chi connectivity index (χ1n) is 5.80. The van der Waals surface area contributed by atoms with Crippen molar-refractivity contribution in [1.82, 2.24) is 0 Å². The van der Waals surface area contributed by atoms with Crippen molar-refractivity contribution in [2.45, 2.75) is 25.8 Å². The van der Waals surface area contributed by atoms with E-state index in [-0.39, 0.29) is 5.97 Å². The number of ether oxygens (including phenoxy) is 1. The van der Waals surface area contributed by atoms with Gasteiger partial charge < -0.3 is 4.74 Å². The van der Waals surface area contributed by atoms with Crippen molar-refractivity contribution in [3.63, 3.8) is 0 Å². The number of rotatable bonds is 3. The van der Waals surface area contributed by atoms with Crippen molar-refractivity contribution < 1.29 is 13.9 Å². The molecule has 1 aliphatic heterocycles. The van der Waals surface area contributed by atoms with E-state index in [4.69, 9.17) is 16.3 Å². The van der Waals surface area contributed by atoms with Crippen LogP contribution in [0, 0.1) is 5.82 Å². The van der Waals surface area contributed by atoms with Crippen molar-refractivity contribution in [3.8, 4) is 0 Å². The van der Waals surface area contributed by atoms with E-state index < -0.39 is 11.9 Å². The van der Waals surface area contributed by atoms with E-state index >= 15 is 0 Å². The van der Waals surface area contributed by atoms with Crippen molar-refractivity contribution in [2.24, 2.45) is 4.99 Å². The molecule has 0 bridgehead atoms. The van der Waals surface area contributed by atoms with Gasteiger partial charge in [-0.1, -0.05) is 11.6 Å². The van der Waals surface area contributed by atoms with Crippen LogP contribution in [0.25, 0.3) is 0 Å². The molecular formula is C13H13ClFNO2. The highest BCUT2D eigenvalue weighted by Gasteiger charge is 2.26. The Kier molecular flexibility index (Phi) is 3.97. The van der Waals surface area contributed by atoms with Gasteiger partial charge in [0.2, 0.25) is 0 Å². The molecule has 1 aromatic rings. The van der Waals surface area contributed by atoms with Gasteiger partial charge in [-0.3, -0.25) is 4.99 Å². The van der Waals surface area contributed by atoms with E-state index in [2.05, 4.69) is 4.99 Å².